The lowest BCUT2D eigenvalue weighted by Gasteiger charge is -2.38. The Hall–Kier alpha value is -1.16. The number of benzene rings is 1. The molecule has 0 bridgehead atoms. The van der Waals surface area contributed by atoms with E-state index in [2.05, 4.69) is 48.7 Å². The van der Waals surface area contributed by atoms with Gasteiger partial charge in [0.2, 0.25) is 0 Å². The third-order valence-electron chi connectivity index (χ3n) is 3.85. The summed E-state index contributed by atoms with van der Waals surface area (Å²) in [5.74, 6) is 0. The van der Waals surface area contributed by atoms with Crippen LogP contribution in [0.4, 0.5) is 0 Å². The minimum Gasteiger partial charge on any atom is -0.372 e. The molecule has 0 aromatic heterocycles. The zero-order chi connectivity index (χ0) is 14.4. The lowest BCUT2D eigenvalue weighted by molar-refractivity contribution is -0.0510. The maximum absolute atomic E-state index is 6.20. The molecule has 0 radical (unpaired) electrons. The Morgan fingerprint density at radius 2 is 2.20 bits per heavy atom. The van der Waals surface area contributed by atoms with Gasteiger partial charge in [0.1, 0.15) is 0 Å². The Morgan fingerprint density at radius 1 is 1.45 bits per heavy atom. The summed E-state index contributed by atoms with van der Waals surface area (Å²) in [5, 5.41) is 0. The average molecular weight is 274 g/mol. The molecule has 0 saturated carbocycles. The Morgan fingerprint density at radius 3 is 2.90 bits per heavy atom. The molecular weight excluding hydrogens is 248 g/mol. The van der Waals surface area contributed by atoms with Gasteiger partial charge >= 0.3 is 0 Å². The number of hydrogen-bond acceptors (Lipinski definition) is 3. The molecule has 2 rings (SSSR count). The maximum Gasteiger partial charge on any atom is 0.0856 e. The Balaban J connectivity index is 1.88. The molecule has 110 valence electrons. The van der Waals surface area contributed by atoms with Gasteiger partial charge in [0.15, 0.2) is 0 Å². The number of likely N-dealkylation sites (tertiary alicyclic amines) is 1. The number of hydrogen-bond donors (Lipinski definition) is 1. The third kappa shape index (κ3) is 4.44. The Kier molecular flexibility index (Phi) is 5.77. The van der Waals surface area contributed by atoms with Gasteiger partial charge in [-0.05, 0) is 25.3 Å². The summed E-state index contributed by atoms with van der Waals surface area (Å²) < 4.78 is 6.07. The third-order valence-corrected chi connectivity index (χ3v) is 3.85. The molecule has 3 heteroatoms. The van der Waals surface area contributed by atoms with Gasteiger partial charge in [0.05, 0.1) is 12.2 Å². The standard InChI is InChI=1S/C17H26N2O/c1-3-7-14(2)20-17-13-19(11-10-16(17)18)12-15-8-5-4-6-9-15/h3-6,8-9,14,16-17H,1,7,10-13,18H2,2H3. The van der Waals surface area contributed by atoms with Gasteiger partial charge < -0.3 is 10.5 Å². The highest BCUT2D eigenvalue weighted by molar-refractivity contribution is 5.14. The van der Waals surface area contributed by atoms with Crippen molar-refractivity contribution in [3.05, 3.63) is 48.6 Å². The van der Waals surface area contributed by atoms with E-state index in [1.165, 1.54) is 5.56 Å². The molecular formula is C17H26N2O. The summed E-state index contributed by atoms with van der Waals surface area (Å²) in [5.41, 5.74) is 7.55. The number of nitrogens with two attached hydrogens (primary N) is 1. The van der Waals surface area contributed by atoms with Gasteiger partial charge in [-0.15, -0.1) is 6.58 Å². The predicted molar refractivity (Wildman–Crippen MR) is 83.5 cm³/mol. The largest absolute Gasteiger partial charge is 0.372 e. The number of nitrogens with zero attached hydrogens (tertiary/aromatic N) is 1. The van der Waals surface area contributed by atoms with E-state index in [9.17, 15) is 0 Å². The lowest BCUT2D eigenvalue weighted by atomic mass is 10.0. The summed E-state index contributed by atoms with van der Waals surface area (Å²) in [6.45, 7) is 8.79. The van der Waals surface area contributed by atoms with E-state index in [-0.39, 0.29) is 18.2 Å². The molecule has 3 nitrogen and oxygen atoms in total. The fraction of sp³-hybridized carbons (Fsp3) is 0.529. The first-order valence-electron chi connectivity index (χ1n) is 7.47. The fourth-order valence-electron chi connectivity index (χ4n) is 2.72. The monoisotopic (exact) mass is 274 g/mol. The molecule has 20 heavy (non-hydrogen) atoms. The van der Waals surface area contributed by atoms with Crippen LogP contribution < -0.4 is 5.73 Å². The van der Waals surface area contributed by atoms with Crippen LogP contribution in [0.3, 0.4) is 0 Å². The van der Waals surface area contributed by atoms with Crippen molar-refractivity contribution in [2.24, 2.45) is 5.73 Å². The van der Waals surface area contributed by atoms with Crippen LogP contribution in [0.1, 0.15) is 25.3 Å². The van der Waals surface area contributed by atoms with Crippen molar-refractivity contribution in [3.63, 3.8) is 0 Å². The van der Waals surface area contributed by atoms with E-state index >= 15 is 0 Å². The van der Waals surface area contributed by atoms with Crippen molar-refractivity contribution < 1.29 is 4.74 Å². The molecule has 1 heterocycles. The van der Waals surface area contributed by atoms with Crippen molar-refractivity contribution >= 4 is 0 Å². The summed E-state index contributed by atoms with van der Waals surface area (Å²) in [6.07, 6.45) is 4.10. The maximum atomic E-state index is 6.20. The molecule has 0 spiro atoms. The highest BCUT2D eigenvalue weighted by Gasteiger charge is 2.28. The van der Waals surface area contributed by atoms with Crippen molar-refractivity contribution in [2.75, 3.05) is 13.1 Å². The fourth-order valence-corrected chi connectivity index (χ4v) is 2.72. The lowest BCUT2D eigenvalue weighted by Crippen LogP contribution is -2.52. The molecule has 1 aliphatic rings. The van der Waals surface area contributed by atoms with E-state index in [4.69, 9.17) is 10.5 Å². The van der Waals surface area contributed by atoms with E-state index < -0.39 is 0 Å². The van der Waals surface area contributed by atoms with Crippen molar-refractivity contribution in [1.82, 2.24) is 4.90 Å². The van der Waals surface area contributed by atoms with Crippen LogP contribution in [0.25, 0.3) is 0 Å². The molecule has 1 saturated heterocycles. The number of ether oxygens (including phenoxy) is 1. The second kappa shape index (κ2) is 7.58. The van der Waals surface area contributed by atoms with E-state index in [0.717, 1.165) is 32.5 Å². The minimum absolute atomic E-state index is 0.127. The molecule has 1 fully saturated rings. The van der Waals surface area contributed by atoms with Crippen LogP contribution in [-0.2, 0) is 11.3 Å². The van der Waals surface area contributed by atoms with Crippen LogP contribution >= 0.6 is 0 Å². The molecule has 3 unspecified atom stereocenters. The van der Waals surface area contributed by atoms with Crippen LogP contribution in [-0.4, -0.2) is 36.2 Å². The smallest absolute Gasteiger partial charge is 0.0856 e. The highest BCUT2D eigenvalue weighted by Crippen LogP contribution is 2.17. The van der Waals surface area contributed by atoms with E-state index in [0.29, 0.717) is 0 Å². The topological polar surface area (TPSA) is 38.5 Å². The van der Waals surface area contributed by atoms with Gasteiger partial charge in [-0.3, -0.25) is 4.90 Å². The van der Waals surface area contributed by atoms with Crippen molar-refractivity contribution in [2.45, 2.75) is 44.6 Å². The average Bonchev–Trinajstić information content (AvgIpc) is 2.44. The first-order valence-corrected chi connectivity index (χ1v) is 7.47. The molecule has 2 N–H and O–H groups in total. The summed E-state index contributed by atoms with van der Waals surface area (Å²) in [7, 11) is 0. The van der Waals surface area contributed by atoms with Gasteiger partial charge in [-0.25, -0.2) is 0 Å². The highest BCUT2D eigenvalue weighted by atomic mass is 16.5. The molecule has 1 aromatic rings. The van der Waals surface area contributed by atoms with Crippen molar-refractivity contribution in [3.8, 4) is 0 Å². The van der Waals surface area contributed by atoms with Crippen LogP contribution in [0.2, 0.25) is 0 Å². The second-order valence-electron chi connectivity index (χ2n) is 5.68. The van der Waals surface area contributed by atoms with Gasteiger partial charge in [-0.2, -0.15) is 0 Å². The first-order chi connectivity index (χ1) is 9.69. The normalized spacial score (nSPS) is 25.3. The van der Waals surface area contributed by atoms with Crippen LogP contribution in [0.15, 0.2) is 43.0 Å². The van der Waals surface area contributed by atoms with Crippen LogP contribution in [0.5, 0.6) is 0 Å². The molecule has 0 aliphatic carbocycles. The predicted octanol–water partition coefficient (Wildman–Crippen LogP) is 2.57. The molecule has 1 aliphatic heterocycles. The van der Waals surface area contributed by atoms with Crippen molar-refractivity contribution in [1.29, 1.82) is 0 Å². The van der Waals surface area contributed by atoms with E-state index in [1.54, 1.807) is 0 Å². The van der Waals surface area contributed by atoms with Gasteiger partial charge in [-0.1, -0.05) is 36.4 Å². The summed E-state index contributed by atoms with van der Waals surface area (Å²) in [6, 6.07) is 10.7. The Bertz CT molecular complexity index is 407. The van der Waals surface area contributed by atoms with E-state index in [1.807, 2.05) is 6.08 Å². The quantitative estimate of drug-likeness (QED) is 0.810. The Labute approximate surface area is 122 Å². The van der Waals surface area contributed by atoms with Crippen LogP contribution in [0, 0.1) is 0 Å². The minimum atomic E-state index is 0.127. The molecule has 1 aromatic carbocycles. The second-order valence-corrected chi connectivity index (χ2v) is 5.68. The zero-order valence-corrected chi connectivity index (χ0v) is 12.4. The van der Waals surface area contributed by atoms with Gasteiger partial charge in [0.25, 0.3) is 0 Å². The van der Waals surface area contributed by atoms with Gasteiger partial charge in [0, 0.05) is 25.7 Å². The first kappa shape index (κ1) is 15.2. The number of piperidine rings is 1. The SMILES string of the molecule is C=CCC(C)OC1CN(Cc2ccccc2)CCC1N. The molecule has 0 amide bonds. The number of rotatable bonds is 6. The summed E-state index contributed by atoms with van der Waals surface area (Å²) >= 11 is 0. The molecule has 3 atom stereocenters. The zero-order valence-electron chi connectivity index (χ0n) is 12.4. The summed E-state index contributed by atoms with van der Waals surface area (Å²) in [4.78, 5) is 2.43.